The van der Waals surface area contributed by atoms with E-state index >= 15 is 0 Å². The van der Waals surface area contributed by atoms with Gasteiger partial charge in [-0.25, -0.2) is 0 Å². The average molecular weight is 430 g/mol. The van der Waals surface area contributed by atoms with Crippen molar-refractivity contribution in [1.29, 1.82) is 0 Å². The molecule has 0 saturated heterocycles. The molecule has 1 amide bonds. The first kappa shape index (κ1) is 24.2. The summed E-state index contributed by atoms with van der Waals surface area (Å²) in [5.74, 6) is 0.184. The van der Waals surface area contributed by atoms with Crippen LogP contribution in [0.25, 0.3) is 16.5 Å². The number of rotatable bonds is 11. The Morgan fingerprint density at radius 2 is 1.81 bits per heavy atom. The predicted octanol–water partition coefficient (Wildman–Crippen LogP) is 4.63. The lowest BCUT2D eigenvalue weighted by Crippen LogP contribution is -2.28. The third kappa shape index (κ3) is 6.20. The van der Waals surface area contributed by atoms with E-state index < -0.39 is 0 Å². The van der Waals surface area contributed by atoms with E-state index in [1.165, 1.54) is 6.92 Å². The molecule has 0 N–H and O–H groups in total. The third-order valence-corrected chi connectivity index (χ3v) is 4.92. The molecule has 7 nitrogen and oxygen atoms in total. The molecule has 2 aromatic rings. The van der Waals surface area contributed by atoms with E-state index in [0.29, 0.717) is 49.4 Å². The Hall–Kier alpha value is -3.09. The molecule has 0 unspecified atom stereocenters. The maximum Gasteiger partial charge on any atom is 0.305 e. The van der Waals surface area contributed by atoms with Gasteiger partial charge in [-0.2, -0.15) is 0 Å². The van der Waals surface area contributed by atoms with E-state index in [0.717, 1.165) is 11.1 Å². The van der Waals surface area contributed by atoms with Crippen LogP contribution >= 0.6 is 0 Å². The fraction of sp³-hybridized carbons (Fsp3) is 0.458. The van der Waals surface area contributed by atoms with Crippen LogP contribution < -0.4 is 4.74 Å². The molecule has 2 rings (SSSR count). The number of carbonyl (C=O) groups excluding carboxylic acids is 3. The number of allylic oxidation sites excluding steroid dienone is 1. The topological polar surface area (TPSA) is 86.0 Å². The molecule has 0 aliphatic heterocycles. The summed E-state index contributed by atoms with van der Waals surface area (Å²) in [5, 5.41) is 0.703. The normalized spacial score (nSPS) is 11.5. The van der Waals surface area contributed by atoms with Gasteiger partial charge >= 0.3 is 5.97 Å². The van der Waals surface area contributed by atoms with Crippen molar-refractivity contribution in [2.24, 2.45) is 0 Å². The number of ketones is 1. The number of Topliss-reactive ketones (excluding diaryl/α,β-unsaturated/α-hetero) is 1. The molecular weight excluding hydrogens is 398 g/mol. The van der Waals surface area contributed by atoms with E-state index in [2.05, 4.69) is 0 Å². The fourth-order valence-corrected chi connectivity index (χ4v) is 3.25. The standard InChI is InChI=1S/C24H31NO6/c1-6-25(7-2)22(27)14-16(4)18-11-12-20(30-13-9-10-23(28)29-8-3)24-19(18)15-21(31-24)17(5)26/h11-12,14-15H,6-10,13H2,1-5H3/b16-14+. The highest BCUT2D eigenvalue weighted by molar-refractivity contribution is 6.03. The van der Waals surface area contributed by atoms with Crippen molar-refractivity contribution in [3.63, 3.8) is 0 Å². The molecule has 0 bridgehead atoms. The molecule has 1 heterocycles. The molecule has 1 aromatic heterocycles. The maximum atomic E-state index is 12.5. The van der Waals surface area contributed by atoms with E-state index in [4.69, 9.17) is 13.9 Å². The number of esters is 1. The Morgan fingerprint density at radius 3 is 2.42 bits per heavy atom. The molecule has 0 atom stereocenters. The highest BCUT2D eigenvalue weighted by Gasteiger charge is 2.17. The summed E-state index contributed by atoms with van der Waals surface area (Å²) in [4.78, 5) is 37.6. The number of carbonyl (C=O) groups is 3. The number of nitrogens with zero attached hydrogens (tertiary/aromatic N) is 1. The monoisotopic (exact) mass is 429 g/mol. The third-order valence-electron chi connectivity index (χ3n) is 4.92. The Kier molecular flexibility index (Phi) is 8.85. The van der Waals surface area contributed by atoms with Crippen molar-refractivity contribution in [3.05, 3.63) is 35.6 Å². The number of ether oxygens (including phenoxy) is 2. The van der Waals surface area contributed by atoms with Crippen LogP contribution in [0.5, 0.6) is 5.75 Å². The molecule has 0 spiro atoms. The highest BCUT2D eigenvalue weighted by Crippen LogP contribution is 2.35. The average Bonchev–Trinajstić information content (AvgIpc) is 3.18. The van der Waals surface area contributed by atoms with Crippen LogP contribution in [0.4, 0.5) is 0 Å². The van der Waals surface area contributed by atoms with Gasteiger partial charge in [0.05, 0.1) is 13.2 Å². The van der Waals surface area contributed by atoms with Gasteiger partial charge in [0.1, 0.15) is 0 Å². The number of benzene rings is 1. The minimum atomic E-state index is -0.262. The molecule has 0 saturated carbocycles. The van der Waals surface area contributed by atoms with Gasteiger partial charge < -0.3 is 18.8 Å². The van der Waals surface area contributed by atoms with Crippen molar-refractivity contribution >= 4 is 34.2 Å². The second-order valence-corrected chi connectivity index (χ2v) is 7.12. The van der Waals surface area contributed by atoms with Crippen molar-refractivity contribution in [2.45, 2.75) is 47.5 Å². The first-order valence-electron chi connectivity index (χ1n) is 10.7. The lowest BCUT2D eigenvalue weighted by atomic mass is 10.0. The molecule has 0 aliphatic rings. The van der Waals surface area contributed by atoms with Crippen LogP contribution in [0.1, 0.15) is 63.6 Å². The van der Waals surface area contributed by atoms with Gasteiger partial charge in [0.2, 0.25) is 5.91 Å². The van der Waals surface area contributed by atoms with Gasteiger partial charge in [-0.05, 0) is 57.4 Å². The molecule has 0 fully saturated rings. The summed E-state index contributed by atoms with van der Waals surface area (Å²) in [5.41, 5.74) is 2.01. The van der Waals surface area contributed by atoms with E-state index in [-0.39, 0.29) is 29.8 Å². The van der Waals surface area contributed by atoms with Gasteiger partial charge in [-0.15, -0.1) is 0 Å². The van der Waals surface area contributed by atoms with Crippen LogP contribution in [0, 0.1) is 0 Å². The Labute approximate surface area is 183 Å². The Bertz CT molecular complexity index is 968. The van der Waals surface area contributed by atoms with Crippen molar-refractivity contribution in [1.82, 2.24) is 4.90 Å². The summed E-state index contributed by atoms with van der Waals surface area (Å²) in [6, 6.07) is 5.29. The molecule has 0 aliphatic carbocycles. The van der Waals surface area contributed by atoms with Gasteiger partial charge in [0.25, 0.3) is 0 Å². The van der Waals surface area contributed by atoms with E-state index in [1.54, 1.807) is 30.0 Å². The fourth-order valence-electron chi connectivity index (χ4n) is 3.25. The molecule has 7 heteroatoms. The Balaban J connectivity index is 2.31. The smallest absolute Gasteiger partial charge is 0.305 e. The molecule has 31 heavy (non-hydrogen) atoms. The molecule has 168 valence electrons. The lowest BCUT2D eigenvalue weighted by Gasteiger charge is -2.17. The van der Waals surface area contributed by atoms with Crippen molar-refractivity contribution in [3.8, 4) is 5.75 Å². The quantitative estimate of drug-likeness (QED) is 0.224. The predicted molar refractivity (Wildman–Crippen MR) is 119 cm³/mol. The van der Waals surface area contributed by atoms with Gasteiger partial charge in [-0.3, -0.25) is 14.4 Å². The van der Waals surface area contributed by atoms with Crippen molar-refractivity contribution < 1.29 is 28.3 Å². The zero-order valence-electron chi connectivity index (χ0n) is 18.9. The zero-order chi connectivity index (χ0) is 23.0. The summed E-state index contributed by atoms with van der Waals surface area (Å²) < 4.78 is 16.5. The van der Waals surface area contributed by atoms with Gasteiger partial charge in [-0.1, -0.05) is 6.07 Å². The second kappa shape index (κ2) is 11.3. The number of likely N-dealkylation sites (N-methyl/N-ethyl adjacent to an activating group) is 1. The summed E-state index contributed by atoms with van der Waals surface area (Å²) in [7, 11) is 0. The molecule has 1 aromatic carbocycles. The minimum Gasteiger partial charge on any atom is -0.490 e. The maximum absolute atomic E-state index is 12.5. The summed E-state index contributed by atoms with van der Waals surface area (Å²) >= 11 is 0. The highest BCUT2D eigenvalue weighted by atomic mass is 16.5. The van der Waals surface area contributed by atoms with Gasteiger partial charge in [0, 0.05) is 37.9 Å². The molecule has 0 radical (unpaired) electrons. The number of hydrogen-bond donors (Lipinski definition) is 0. The van der Waals surface area contributed by atoms with E-state index in [9.17, 15) is 14.4 Å². The largest absolute Gasteiger partial charge is 0.490 e. The van der Waals surface area contributed by atoms with E-state index in [1.807, 2.05) is 26.8 Å². The SMILES string of the molecule is CCOC(=O)CCCOc1ccc(/C(C)=C/C(=O)N(CC)CC)c2cc(C(C)=O)oc12. The van der Waals surface area contributed by atoms with Crippen LogP contribution in [0.2, 0.25) is 0 Å². The van der Waals surface area contributed by atoms with Gasteiger partial charge in [0.15, 0.2) is 22.9 Å². The van der Waals surface area contributed by atoms with Crippen LogP contribution in [0.15, 0.2) is 28.7 Å². The number of fused-ring (bicyclic) bond motifs is 1. The number of furan rings is 1. The Morgan fingerprint density at radius 1 is 1.10 bits per heavy atom. The zero-order valence-corrected chi connectivity index (χ0v) is 18.9. The van der Waals surface area contributed by atoms with Crippen molar-refractivity contribution in [2.75, 3.05) is 26.3 Å². The molecular formula is C24H31NO6. The number of amides is 1. The van der Waals surface area contributed by atoms with Crippen LogP contribution in [-0.4, -0.2) is 48.9 Å². The van der Waals surface area contributed by atoms with Crippen LogP contribution in [0.3, 0.4) is 0 Å². The second-order valence-electron chi connectivity index (χ2n) is 7.12. The first-order chi connectivity index (χ1) is 14.8. The lowest BCUT2D eigenvalue weighted by molar-refractivity contribution is -0.143. The first-order valence-corrected chi connectivity index (χ1v) is 10.7. The summed E-state index contributed by atoms with van der Waals surface area (Å²) in [6.45, 7) is 10.9. The van der Waals surface area contributed by atoms with Crippen LogP contribution in [-0.2, 0) is 14.3 Å². The number of hydrogen-bond acceptors (Lipinski definition) is 6. The minimum absolute atomic E-state index is 0.0646. The summed E-state index contributed by atoms with van der Waals surface area (Å²) in [6.07, 6.45) is 2.36.